The van der Waals surface area contributed by atoms with Crippen LogP contribution in [0.1, 0.15) is 22.3 Å². The molecule has 0 fully saturated rings. The summed E-state index contributed by atoms with van der Waals surface area (Å²) in [5.74, 6) is 0. The minimum absolute atomic E-state index is 1.06. The van der Waals surface area contributed by atoms with Crippen molar-refractivity contribution < 1.29 is 0 Å². The van der Waals surface area contributed by atoms with E-state index in [2.05, 4.69) is 124 Å². The first-order chi connectivity index (χ1) is 21.0. The summed E-state index contributed by atoms with van der Waals surface area (Å²) in [7, 11) is -2.57. The third-order valence-corrected chi connectivity index (χ3v) is 20.6. The molecule has 0 saturated heterocycles. The SMILES string of the molecule is C[Si](C)(C)c1ccc(-c2ccc(-c3cc4ccc3CCc3ccc(c(-c5ccc(-c6ccc([Si](C)(C)C)s6)s5)c3)CC4)s2)s1. The van der Waals surface area contributed by atoms with E-state index in [1.54, 1.807) is 9.00 Å². The van der Waals surface area contributed by atoms with Crippen molar-refractivity contribution in [3.63, 3.8) is 0 Å². The van der Waals surface area contributed by atoms with Gasteiger partial charge in [0.15, 0.2) is 0 Å². The molecule has 6 heteroatoms. The van der Waals surface area contributed by atoms with E-state index in [4.69, 9.17) is 0 Å². The van der Waals surface area contributed by atoms with Crippen LogP contribution in [0, 0.1) is 0 Å². The zero-order valence-electron chi connectivity index (χ0n) is 26.5. The fraction of sp³-hybridized carbons (Fsp3) is 0.263. The number of hydrogen-bond acceptors (Lipinski definition) is 4. The molecule has 4 aliphatic rings. The Hall–Kier alpha value is -2.33. The minimum atomic E-state index is -1.28. The largest absolute Gasteiger partial charge is 0.144 e. The molecular formula is C38H40S4Si2. The van der Waals surface area contributed by atoms with E-state index in [1.165, 1.54) is 62.6 Å². The molecule has 0 radical (unpaired) electrons. The van der Waals surface area contributed by atoms with Gasteiger partial charge in [-0.25, -0.2) is 0 Å². The Morgan fingerprint density at radius 3 is 1.14 bits per heavy atom. The van der Waals surface area contributed by atoms with Gasteiger partial charge in [-0.3, -0.25) is 0 Å². The summed E-state index contributed by atoms with van der Waals surface area (Å²) < 4.78 is 3.18. The molecule has 0 spiro atoms. The molecular weight excluding hydrogens is 641 g/mol. The zero-order valence-corrected chi connectivity index (χ0v) is 31.8. The lowest BCUT2D eigenvalue weighted by Gasteiger charge is -2.16. The van der Waals surface area contributed by atoms with Crippen molar-refractivity contribution >= 4 is 70.5 Å². The summed E-state index contributed by atoms with van der Waals surface area (Å²) in [5, 5.41) is 0. The van der Waals surface area contributed by atoms with Gasteiger partial charge in [0.2, 0.25) is 0 Å². The smallest absolute Gasteiger partial charge is 0.0904 e. The number of aryl methyl sites for hydroxylation is 4. The van der Waals surface area contributed by atoms with Crippen molar-refractivity contribution in [1.82, 2.24) is 0 Å². The molecule has 224 valence electrons. The average Bonchev–Trinajstić information content (AvgIpc) is 3.78. The molecule has 4 aromatic heterocycles. The molecule has 0 saturated carbocycles. The van der Waals surface area contributed by atoms with E-state index in [9.17, 15) is 0 Å². The van der Waals surface area contributed by atoms with Crippen molar-refractivity contribution in [3.05, 3.63) is 107 Å². The topological polar surface area (TPSA) is 0 Å². The summed E-state index contributed by atoms with van der Waals surface area (Å²) in [6, 6.07) is 33.5. The van der Waals surface area contributed by atoms with Crippen molar-refractivity contribution in [2.24, 2.45) is 0 Å². The lowest BCUT2D eigenvalue weighted by Crippen LogP contribution is -2.34. The van der Waals surface area contributed by atoms with Crippen molar-refractivity contribution in [3.8, 4) is 40.4 Å². The summed E-state index contributed by atoms with van der Waals surface area (Å²) in [6.45, 7) is 14.7. The number of hydrogen-bond donors (Lipinski definition) is 0. The van der Waals surface area contributed by atoms with Crippen LogP contribution >= 0.6 is 45.3 Å². The van der Waals surface area contributed by atoms with E-state index in [-0.39, 0.29) is 0 Å². The average molecular weight is 681 g/mol. The molecule has 0 aliphatic heterocycles. The molecule has 0 atom stereocenters. The van der Waals surface area contributed by atoms with Crippen LogP contribution in [0.2, 0.25) is 39.3 Å². The third kappa shape index (κ3) is 6.22. The second-order valence-electron chi connectivity index (χ2n) is 14.1. The maximum Gasteiger partial charge on any atom is 0.0904 e. The molecule has 0 amide bonds. The molecule has 0 nitrogen and oxygen atoms in total. The monoisotopic (exact) mass is 680 g/mol. The highest BCUT2D eigenvalue weighted by Gasteiger charge is 2.22. The molecule has 4 bridgehead atoms. The van der Waals surface area contributed by atoms with E-state index in [1.807, 2.05) is 45.3 Å². The van der Waals surface area contributed by atoms with Gasteiger partial charge in [0.1, 0.15) is 0 Å². The van der Waals surface area contributed by atoms with Gasteiger partial charge in [-0.2, -0.15) is 0 Å². The van der Waals surface area contributed by atoms with Crippen LogP contribution in [0.15, 0.2) is 84.9 Å². The first-order valence-electron chi connectivity index (χ1n) is 15.7. The molecule has 2 aromatic carbocycles. The second-order valence-corrected chi connectivity index (χ2v) is 29.3. The van der Waals surface area contributed by atoms with Crippen LogP contribution in [-0.4, -0.2) is 16.1 Å². The van der Waals surface area contributed by atoms with Gasteiger partial charge in [0.05, 0.1) is 16.1 Å². The Morgan fingerprint density at radius 1 is 0.386 bits per heavy atom. The van der Waals surface area contributed by atoms with Crippen LogP contribution in [0.5, 0.6) is 0 Å². The summed E-state index contributed by atoms with van der Waals surface area (Å²) in [5.41, 5.74) is 8.69. The van der Waals surface area contributed by atoms with E-state index in [0.29, 0.717) is 0 Å². The van der Waals surface area contributed by atoms with E-state index in [0.717, 1.165) is 25.7 Å². The van der Waals surface area contributed by atoms with Gasteiger partial charge in [-0.05, 0) is 104 Å². The Balaban J connectivity index is 1.17. The number of benzene rings is 2. The maximum atomic E-state index is 2.50. The van der Waals surface area contributed by atoms with Crippen molar-refractivity contribution in [1.29, 1.82) is 0 Å². The van der Waals surface area contributed by atoms with Crippen LogP contribution in [0.3, 0.4) is 0 Å². The van der Waals surface area contributed by atoms with Crippen LogP contribution in [-0.2, 0) is 25.7 Å². The summed E-state index contributed by atoms with van der Waals surface area (Å²) >= 11 is 7.94. The first-order valence-corrected chi connectivity index (χ1v) is 25.9. The molecule has 4 aliphatic carbocycles. The van der Waals surface area contributed by atoms with Gasteiger partial charge < -0.3 is 0 Å². The fourth-order valence-electron chi connectivity index (χ4n) is 5.99. The fourth-order valence-corrected chi connectivity index (χ4v) is 14.1. The van der Waals surface area contributed by atoms with E-state index < -0.39 is 16.1 Å². The van der Waals surface area contributed by atoms with Crippen LogP contribution in [0.25, 0.3) is 40.4 Å². The van der Waals surface area contributed by atoms with Gasteiger partial charge >= 0.3 is 0 Å². The summed E-state index contributed by atoms with van der Waals surface area (Å²) in [4.78, 5) is 8.46. The predicted octanol–water partition coefficient (Wildman–Crippen LogP) is 11.6. The number of rotatable bonds is 6. The Kier molecular flexibility index (Phi) is 8.13. The van der Waals surface area contributed by atoms with Gasteiger partial charge in [-0.15, -0.1) is 45.3 Å². The highest BCUT2D eigenvalue weighted by atomic mass is 32.1. The van der Waals surface area contributed by atoms with Gasteiger partial charge in [0, 0.05) is 29.3 Å². The molecule has 4 heterocycles. The first kappa shape index (κ1) is 30.3. The lowest BCUT2D eigenvalue weighted by atomic mass is 9.90. The Bertz CT molecular complexity index is 1810. The van der Waals surface area contributed by atoms with Crippen LogP contribution < -0.4 is 9.00 Å². The highest BCUT2D eigenvalue weighted by molar-refractivity contribution is 7.32. The summed E-state index contributed by atoms with van der Waals surface area (Å²) in [6.07, 6.45) is 4.24. The second kappa shape index (κ2) is 11.8. The molecule has 10 rings (SSSR count). The molecule has 0 unspecified atom stereocenters. The van der Waals surface area contributed by atoms with Crippen LogP contribution in [0.4, 0.5) is 0 Å². The highest BCUT2D eigenvalue weighted by Crippen LogP contribution is 2.41. The van der Waals surface area contributed by atoms with Gasteiger partial charge in [-0.1, -0.05) is 87.8 Å². The third-order valence-electron chi connectivity index (χ3n) is 8.63. The number of thiophene rings is 4. The zero-order chi connectivity index (χ0) is 30.6. The molecule has 0 N–H and O–H groups in total. The van der Waals surface area contributed by atoms with E-state index >= 15 is 0 Å². The normalized spacial score (nSPS) is 13.8. The standard InChI is InChI=1S/C38H40S4Si2/c1-43(2,3)37-21-19-35(41-37)33-17-15-31(39-33)29-23-25-7-11-27(29)13-9-26-8-12-28(14-10-25)30(24-26)32-16-18-34(40-32)36-20-22-38(42-36)44(4,5)6/h7-8,11-12,15-24H,9-10,13-14H2,1-6H3. The Labute approximate surface area is 281 Å². The van der Waals surface area contributed by atoms with Crippen molar-refractivity contribution in [2.45, 2.75) is 65.0 Å². The maximum absolute atomic E-state index is 2.50. The van der Waals surface area contributed by atoms with Crippen molar-refractivity contribution in [2.75, 3.05) is 0 Å². The Morgan fingerprint density at radius 2 is 0.750 bits per heavy atom. The lowest BCUT2D eigenvalue weighted by molar-refractivity contribution is 0.926. The molecule has 6 aromatic rings. The minimum Gasteiger partial charge on any atom is -0.144 e. The van der Waals surface area contributed by atoms with Gasteiger partial charge in [0.25, 0.3) is 0 Å². The quantitative estimate of drug-likeness (QED) is 0.154. The molecule has 44 heavy (non-hydrogen) atoms. The predicted molar refractivity (Wildman–Crippen MR) is 207 cm³/mol.